The van der Waals surface area contributed by atoms with Crippen LogP contribution in [0.15, 0.2) is 0 Å². The Kier molecular flexibility index (Phi) is 7.51. The number of likely N-dealkylation sites (tertiary alicyclic amines) is 1. The summed E-state index contributed by atoms with van der Waals surface area (Å²) >= 11 is 0. The molecule has 1 unspecified atom stereocenters. The molecule has 0 bridgehead atoms. The standard InChI is InChI=1S/C7H15NO.C3H8/c1-8-4-2-3-7(5-8)6-9;1-3-2/h7,9H,2-6H2,1H3;3H2,1-2H3. The Morgan fingerprint density at radius 2 is 2.00 bits per heavy atom. The summed E-state index contributed by atoms with van der Waals surface area (Å²) in [6.07, 6.45) is 3.71. The molecule has 1 rings (SSSR count). The van der Waals surface area contributed by atoms with Crippen LogP contribution in [-0.2, 0) is 0 Å². The van der Waals surface area contributed by atoms with E-state index in [2.05, 4.69) is 25.8 Å². The monoisotopic (exact) mass is 173 g/mol. The number of rotatable bonds is 1. The SMILES string of the molecule is CCC.CN1CCCC(CO)C1. The molecule has 2 heteroatoms. The van der Waals surface area contributed by atoms with Crippen LogP contribution in [0.2, 0.25) is 0 Å². The van der Waals surface area contributed by atoms with Gasteiger partial charge in [0.25, 0.3) is 0 Å². The van der Waals surface area contributed by atoms with E-state index in [0.29, 0.717) is 12.5 Å². The molecular formula is C10H23NO. The van der Waals surface area contributed by atoms with Gasteiger partial charge < -0.3 is 10.0 Å². The number of piperidine rings is 1. The molecule has 1 aliphatic heterocycles. The van der Waals surface area contributed by atoms with Gasteiger partial charge in [0.1, 0.15) is 0 Å². The number of nitrogens with zero attached hydrogens (tertiary/aromatic N) is 1. The number of hydrogen-bond acceptors (Lipinski definition) is 2. The molecule has 0 aromatic rings. The van der Waals surface area contributed by atoms with Crippen molar-refractivity contribution >= 4 is 0 Å². The van der Waals surface area contributed by atoms with Gasteiger partial charge in [-0.25, -0.2) is 0 Å². The molecule has 1 N–H and O–H groups in total. The Hall–Kier alpha value is -0.0800. The fourth-order valence-corrected chi connectivity index (χ4v) is 1.42. The molecule has 74 valence electrons. The van der Waals surface area contributed by atoms with E-state index in [1.165, 1.54) is 25.8 Å². The van der Waals surface area contributed by atoms with Gasteiger partial charge in [0.2, 0.25) is 0 Å². The first-order chi connectivity index (χ1) is 5.74. The predicted molar refractivity (Wildman–Crippen MR) is 53.3 cm³/mol. The van der Waals surface area contributed by atoms with Crippen LogP contribution in [0.25, 0.3) is 0 Å². The maximum atomic E-state index is 8.78. The van der Waals surface area contributed by atoms with Crippen LogP contribution in [0, 0.1) is 5.92 Å². The van der Waals surface area contributed by atoms with Crippen LogP contribution in [0.1, 0.15) is 33.1 Å². The van der Waals surface area contributed by atoms with E-state index in [1.54, 1.807) is 0 Å². The summed E-state index contributed by atoms with van der Waals surface area (Å²) in [5, 5.41) is 8.78. The van der Waals surface area contributed by atoms with Crippen molar-refractivity contribution in [1.29, 1.82) is 0 Å². The summed E-state index contributed by atoms with van der Waals surface area (Å²) in [7, 11) is 2.11. The van der Waals surface area contributed by atoms with Gasteiger partial charge >= 0.3 is 0 Å². The molecule has 0 aromatic heterocycles. The van der Waals surface area contributed by atoms with Crippen LogP contribution >= 0.6 is 0 Å². The van der Waals surface area contributed by atoms with Crippen molar-refractivity contribution in [3.8, 4) is 0 Å². The number of aliphatic hydroxyl groups excluding tert-OH is 1. The zero-order chi connectivity index (χ0) is 9.40. The quantitative estimate of drug-likeness (QED) is 0.653. The maximum Gasteiger partial charge on any atom is 0.0471 e. The van der Waals surface area contributed by atoms with Gasteiger partial charge in [0.15, 0.2) is 0 Å². The molecule has 2 nitrogen and oxygen atoms in total. The van der Waals surface area contributed by atoms with E-state index in [4.69, 9.17) is 5.11 Å². The molecule has 1 saturated heterocycles. The number of aliphatic hydroxyl groups is 1. The minimum Gasteiger partial charge on any atom is -0.396 e. The van der Waals surface area contributed by atoms with Crippen molar-refractivity contribution in [2.24, 2.45) is 5.92 Å². The van der Waals surface area contributed by atoms with E-state index in [-0.39, 0.29) is 0 Å². The lowest BCUT2D eigenvalue weighted by atomic mass is 10.00. The van der Waals surface area contributed by atoms with Gasteiger partial charge in [0.05, 0.1) is 0 Å². The Morgan fingerprint density at radius 3 is 2.33 bits per heavy atom. The van der Waals surface area contributed by atoms with Gasteiger partial charge in [-0.3, -0.25) is 0 Å². The second-order valence-electron chi connectivity index (χ2n) is 3.66. The maximum absolute atomic E-state index is 8.78. The zero-order valence-corrected chi connectivity index (χ0v) is 8.71. The Labute approximate surface area is 76.6 Å². The third kappa shape index (κ3) is 5.56. The lowest BCUT2D eigenvalue weighted by Crippen LogP contribution is -2.33. The lowest BCUT2D eigenvalue weighted by molar-refractivity contribution is 0.138. The van der Waals surface area contributed by atoms with Crippen LogP contribution < -0.4 is 0 Å². The largest absolute Gasteiger partial charge is 0.396 e. The highest BCUT2D eigenvalue weighted by Gasteiger charge is 2.15. The second kappa shape index (κ2) is 7.56. The minimum atomic E-state index is 0.365. The first-order valence-electron chi connectivity index (χ1n) is 5.03. The fourth-order valence-electron chi connectivity index (χ4n) is 1.42. The van der Waals surface area contributed by atoms with E-state index in [1.807, 2.05) is 0 Å². The molecule has 0 saturated carbocycles. The second-order valence-corrected chi connectivity index (χ2v) is 3.66. The van der Waals surface area contributed by atoms with Crippen molar-refractivity contribution in [3.63, 3.8) is 0 Å². The molecule has 1 aliphatic rings. The molecule has 0 radical (unpaired) electrons. The van der Waals surface area contributed by atoms with Crippen LogP contribution in [-0.4, -0.2) is 36.8 Å². The minimum absolute atomic E-state index is 0.365. The van der Waals surface area contributed by atoms with Crippen molar-refractivity contribution in [1.82, 2.24) is 4.90 Å². The van der Waals surface area contributed by atoms with Crippen LogP contribution in [0.5, 0.6) is 0 Å². The third-order valence-electron chi connectivity index (χ3n) is 1.98. The first-order valence-corrected chi connectivity index (χ1v) is 5.03. The van der Waals surface area contributed by atoms with Gasteiger partial charge in [0, 0.05) is 13.2 Å². The summed E-state index contributed by atoms with van der Waals surface area (Å²) in [6, 6.07) is 0. The van der Waals surface area contributed by atoms with E-state index in [0.717, 1.165) is 6.54 Å². The molecule has 0 spiro atoms. The molecule has 0 aliphatic carbocycles. The smallest absolute Gasteiger partial charge is 0.0471 e. The van der Waals surface area contributed by atoms with Crippen LogP contribution in [0.4, 0.5) is 0 Å². The highest BCUT2D eigenvalue weighted by atomic mass is 16.3. The molecular weight excluding hydrogens is 150 g/mol. The van der Waals surface area contributed by atoms with Crippen molar-refractivity contribution < 1.29 is 5.11 Å². The normalized spacial score (nSPS) is 24.5. The average Bonchev–Trinajstić information content (AvgIpc) is 2.06. The van der Waals surface area contributed by atoms with Gasteiger partial charge in [-0.2, -0.15) is 0 Å². The van der Waals surface area contributed by atoms with E-state index < -0.39 is 0 Å². The Bertz CT molecular complexity index is 95.8. The third-order valence-corrected chi connectivity index (χ3v) is 1.98. The molecule has 1 fully saturated rings. The molecule has 12 heavy (non-hydrogen) atoms. The zero-order valence-electron chi connectivity index (χ0n) is 8.71. The van der Waals surface area contributed by atoms with Gasteiger partial charge in [-0.15, -0.1) is 0 Å². The Morgan fingerprint density at radius 1 is 1.42 bits per heavy atom. The fraction of sp³-hybridized carbons (Fsp3) is 1.00. The van der Waals surface area contributed by atoms with E-state index in [9.17, 15) is 0 Å². The Balaban J connectivity index is 0.000000354. The van der Waals surface area contributed by atoms with Gasteiger partial charge in [-0.05, 0) is 32.4 Å². The molecule has 1 atom stereocenters. The van der Waals surface area contributed by atoms with Crippen LogP contribution in [0.3, 0.4) is 0 Å². The van der Waals surface area contributed by atoms with Gasteiger partial charge in [-0.1, -0.05) is 20.3 Å². The topological polar surface area (TPSA) is 23.5 Å². The van der Waals surface area contributed by atoms with E-state index >= 15 is 0 Å². The highest BCUT2D eigenvalue weighted by Crippen LogP contribution is 2.13. The molecule has 1 heterocycles. The van der Waals surface area contributed by atoms with Crippen molar-refractivity contribution in [2.45, 2.75) is 33.1 Å². The summed E-state index contributed by atoms with van der Waals surface area (Å²) in [5.41, 5.74) is 0. The predicted octanol–water partition coefficient (Wildman–Crippen LogP) is 1.74. The first kappa shape index (κ1) is 11.9. The summed E-state index contributed by atoms with van der Waals surface area (Å²) in [6.45, 7) is 6.90. The van der Waals surface area contributed by atoms with Crippen molar-refractivity contribution in [2.75, 3.05) is 26.7 Å². The summed E-state index contributed by atoms with van der Waals surface area (Å²) < 4.78 is 0. The molecule has 0 aromatic carbocycles. The molecule has 0 amide bonds. The average molecular weight is 173 g/mol. The summed E-state index contributed by atoms with van der Waals surface area (Å²) in [5.74, 6) is 0.545. The summed E-state index contributed by atoms with van der Waals surface area (Å²) in [4.78, 5) is 2.28. The number of hydrogen-bond donors (Lipinski definition) is 1. The van der Waals surface area contributed by atoms with Crippen molar-refractivity contribution in [3.05, 3.63) is 0 Å². The highest BCUT2D eigenvalue weighted by molar-refractivity contribution is 4.68. The lowest BCUT2D eigenvalue weighted by Gasteiger charge is -2.27.